The number of carboxylic acid groups (broad SMARTS) is 1. The molecule has 0 unspecified atom stereocenters. The normalized spacial score (nSPS) is 24.9. The molecule has 1 N–H and O–H groups in total. The van der Waals surface area contributed by atoms with Gasteiger partial charge in [0.15, 0.2) is 0 Å². The average Bonchev–Trinajstić information content (AvgIpc) is 3.24. The van der Waals surface area contributed by atoms with Crippen molar-refractivity contribution in [3.8, 4) is 5.75 Å². The fourth-order valence-electron chi connectivity index (χ4n) is 3.24. The molecule has 0 heterocycles. The first-order chi connectivity index (χ1) is 12.7. The van der Waals surface area contributed by atoms with Crippen molar-refractivity contribution in [3.63, 3.8) is 0 Å². The zero-order valence-electron chi connectivity index (χ0n) is 14.1. The fraction of sp³-hybridized carbons (Fsp3) is 0.421. The lowest BCUT2D eigenvalue weighted by molar-refractivity contribution is -0.139. The third-order valence-electron chi connectivity index (χ3n) is 4.77. The summed E-state index contributed by atoms with van der Waals surface area (Å²) in [6.45, 7) is 0. The van der Waals surface area contributed by atoms with Gasteiger partial charge in [-0.15, -0.1) is 0 Å². The van der Waals surface area contributed by atoms with Gasteiger partial charge in [0.25, 0.3) is 0 Å². The number of halogens is 5. The third kappa shape index (κ3) is 4.99. The van der Waals surface area contributed by atoms with Gasteiger partial charge in [-0.2, -0.15) is 13.2 Å². The molecular weight excluding hydrogens is 587 g/mol. The van der Waals surface area contributed by atoms with Gasteiger partial charge in [-0.05, 0) is 55.5 Å². The van der Waals surface area contributed by atoms with Crippen molar-refractivity contribution in [1.29, 1.82) is 0 Å². The first-order valence-corrected chi connectivity index (χ1v) is 11.2. The topological polar surface area (TPSA) is 46.5 Å². The molecule has 2 aliphatic carbocycles. The first kappa shape index (κ1) is 20.9. The zero-order chi connectivity index (χ0) is 19.8. The summed E-state index contributed by atoms with van der Waals surface area (Å²) >= 11 is 4.20. The summed E-state index contributed by atoms with van der Waals surface area (Å²) < 4.78 is 45.1. The van der Waals surface area contributed by atoms with Crippen LogP contribution in [0.2, 0.25) is 0 Å². The number of rotatable bonds is 6. The van der Waals surface area contributed by atoms with Crippen molar-refractivity contribution in [2.75, 3.05) is 0 Å². The van der Waals surface area contributed by atoms with Gasteiger partial charge >= 0.3 is 12.1 Å². The van der Waals surface area contributed by atoms with Gasteiger partial charge in [-0.25, -0.2) is 0 Å². The van der Waals surface area contributed by atoms with Crippen LogP contribution in [-0.2, 0) is 15.4 Å². The van der Waals surface area contributed by atoms with Crippen LogP contribution in [0, 0.1) is 11.8 Å². The monoisotopic (exact) mass is 604 g/mol. The number of hydrogen-bond donors (Lipinski definition) is 1. The van der Waals surface area contributed by atoms with Crippen LogP contribution < -0.4 is 4.74 Å². The lowest BCUT2D eigenvalue weighted by atomic mass is 9.98. The van der Waals surface area contributed by atoms with Crippen LogP contribution in [-0.4, -0.2) is 15.0 Å². The number of aliphatic carboxylic acids is 1. The molecule has 0 saturated heterocycles. The summed E-state index contributed by atoms with van der Waals surface area (Å²) in [5, 5.41) is 9.17. The van der Waals surface area contributed by atoms with Crippen molar-refractivity contribution < 1.29 is 27.8 Å². The molecule has 0 radical (unpaired) electrons. The highest BCUT2D eigenvalue weighted by atomic mass is 127. The van der Waals surface area contributed by atoms with Crippen LogP contribution in [0.1, 0.15) is 30.4 Å². The molecule has 27 heavy (non-hydrogen) atoms. The average molecular weight is 604 g/mol. The Bertz CT molecular complexity index is 802. The fourth-order valence-corrected chi connectivity index (χ4v) is 5.14. The first-order valence-electron chi connectivity index (χ1n) is 8.41. The number of hydrogen-bond acceptors (Lipinski definition) is 2. The number of carboxylic acids is 1. The highest BCUT2D eigenvalue weighted by Gasteiger charge is 2.53. The molecule has 1 aromatic carbocycles. The summed E-state index contributed by atoms with van der Waals surface area (Å²) in [7, 11) is 0. The van der Waals surface area contributed by atoms with Gasteiger partial charge in [0, 0.05) is 13.9 Å². The zero-order valence-corrected chi connectivity index (χ0v) is 18.4. The lowest BCUT2D eigenvalue weighted by Gasteiger charge is -2.17. The second kappa shape index (κ2) is 8.30. The molecular formula is C19H17F3I2O3. The van der Waals surface area contributed by atoms with Crippen molar-refractivity contribution in [2.45, 2.75) is 33.8 Å². The largest absolute Gasteiger partial charge is 0.481 e. The lowest BCUT2D eigenvalue weighted by Crippen LogP contribution is -2.07. The molecule has 0 amide bonds. The summed E-state index contributed by atoms with van der Waals surface area (Å²) in [6, 6.07) is 3.52. The minimum absolute atomic E-state index is 0.143. The Labute approximate surface area is 182 Å². The predicted octanol–water partition coefficient (Wildman–Crippen LogP) is 6.15. The quantitative estimate of drug-likeness (QED) is 0.314. The van der Waals surface area contributed by atoms with Crippen LogP contribution >= 0.6 is 45.2 Å². The van der Waals surface area contributed by atoms with E-state index in [0.29, 0.717) is 21.5 Å². The Kier molecular flexibility index (Phi) is 6.44. The number of alkyl halides is 5. The van der Waals surface area contributed by atoms with Gasteiger partial charge in [0.2, 0.25) is 0 Å². The van der Waals surface area contributed by atoms with E-state index in [1.54, 1.807) is 0 Å². The van der Waals surface area contributed by atoms with E-state index in [2.05, 4.69) is 22.6 Å². The van der Waals surface area contributed by atoms with E-state index in [0.717, 1.165) is 37.0 Å². The molecule has 2 aliphatic rings. The van der Waals surface area contributed by atoms with Crippen molar-refractivity contribution in [2.24, 2.45) is 11.8 Å². The van der Waals surface area contributed by atoms with Crippen LogP contribution in [0.4, 0.5) is 13.2 Å². The van der Waals surface area contributed by atoms with Gasteiger partial charge in [-0.1, -0.05) is 50.8 Å². The van der Waals surface area contributed by atoms with Gasteiger partial charge in [-0.3, -0.25) is 4.79 Å². The maximum absolute atomic E-state index is 12.9. The van der Waals surface area contributed by atoms with E-state index in [4.69, 9.17) is 9.84 Å². The van der Waals surface area contributed by atoms with E-state index in [1.165, 1.54) is 6.07 Å². The van der Waals surface area contributed by atoms with Crippen LogP contribution in [0.5, 0.6) is 5.75 Å². The maximum atomic E-state index is 12.9. The second-order valence-corrected chi connectivity index (χ2v) is 8.88. The minimum Gasteiger partial charge on any atom is -0.481 e. The number of benzene rings is 1. The SMILES string of the molecule is O=C(O)[C@@H]1[C@@H](I)[C@H]1CC1=CC(Oc2ccc(C(F)(F)F)cc2CI)=CCC1. The Balaban J connectivity index is 1.71. The maximum Gasteiger partial charge on any atom is 0.416 e. The Morgan fingerprint density at radius 3 is 2.67 bits per heavy atom. The molecule has 0 bridgehead atoms. The van der Waals surface area contributed by atoms with Crippen LogP contribution in [0.3, 0.4) is 0 Å². The molecule has 1 fully saturated rings. The highest BCUT2D eigenvalue weighted by Crippen LogP contribution is 2.50. The highest BCUT2D eigenvalue weighted by molar-refractivity contribution is 14.1. The molecule has 0 spiro atoms. The predicted molar refractivity (Wildman–Crippen MR) is 112 cm³/mol. The molecule has 8 heteroatoms. The molecule has 1 saturated carbocycles. The summed E-state index contributed by atoms with van der Waals surface area (Å²) in [4.78, 5) is 11.2. The van der Waals surface area contributed by atoms with Crippen molar-refractivity contribution >= 4 is 51.2 Å². The number of carbonyl (C=O) groups is 1. The van der Waals surface area contributed by atoms with Crippen LogP contribution in [0.25, 0.3) is 0 Å². The van der Waals surface area contributed by atoms with Crippen LogP contribution in [0.15, 0.2) is 41.7 Å². The smallest absolute Gasteiger partial charge is 0.416 e. The van der Waals surface area contributed by atoms with Crippen molar-refractivity contribution in [1.82, 2.24) is 0 Å². The van der Waals surface area contributed by atoms with E-state index < -0.39 is 17.7 Å². The van der Waals surface area contributed by atoms with Crippen molar-refractivity contribution in [3.05, 3.63) is 52.8 Å². The molecule has 0 aromatic heterocycles. The molecule has 0 aliphatic heterocycles. The number of allylic oxidation sites excluding steroid dienone is 3. The third-order valence-corrected chi connectivity index (χ3v) is 7.29. The van der Waals surface area contributed by atoms with Gasteiger partial charge in [0.05, 0.1) is 11.5 Å². The summed E-state index contributed by atoms with van der Waals surface area (Å²) in [5.74, 6) is 0.133. The summed E-state index contributed by atoms with van der Waals surface area (Å²) in [6.07, 6.45) is 1.79. The molecule has 3 atom stereocenters. The van der Waals surface area contributed by atoms with E-state index in [9.17, 15) is 18.0 Å². The molecule has 146 valence electrons. The van der Waals surface area contributed by atoms with E-state index >= 15 is 0 Å². The summed E-state index contributed by atoms with van der Waals surface area (Å²) in [5.41, 5.74) is 0.940. The standard InChI is InChI=1S/C19H17F3I2O3/c20-19(21,22)12-4-5-15(11(8-12)9-23)27-13-3-1-2-10(6-13)7-14-16(17(14)24)18(25)26/h3-6,8,14,16-17H,1-2,7,9H2,(H,25,26)/t14-,16-,17-/m0/s1. The second-order valence-electron chi connectivity index (χ2n) is 6.68. The Morgan fingerprint density at radius 2 is 2.07 bits per heavy atom. The minimum atomic E-state index is -4.38. The Hall–Kier alpha value is -0.780. The molecule has 1 aromatic rings. The molecule has 3 rings (SSSR count). The molecule has 3 nitrogen and oxygen atoms in total. The van der Waals surface area contributed by atoms with E-state index in [1.807, 2.05) is 34.7 Å². The van der Waals surface area contributed by atoms with E-state index in [-0.39, 0.29) is 15.8 Å². The van der Waals surface area contributed by atoms with Gasteiger partial charge < -0.3 is 9.84 Å². The number of ether oxygens (including phenoxy) is 1. The van der Waals surface area contributed by atoms with Gasteiger partial charge in [0.1, 0.15) is 11.5 Å². The Morgan fingerprint density at radius 1 is 1.33 bits per heavy atom.